The minimum atomic E-state index is -0.345. The molecule has 2 amide bonds. The summed E-state index contributed by atoms with van der Waals surface area (Å²) in [4.78, 5) is 28.1. The van der Waals surface area contributed by atoms with Crippen molar-refractivity contribution in [3.63, 3.8) is 0 Å². The number of benzene rings is 2. The number of nitrogens with zero attached hydrogens (tertiary/aromatic N) is 1. The van der Waals surface area contributed by atoms with Crippen LogP contribution < -0.4 is 10.1 Å². The van der Waals surface area contributed by atoms with Gasteiger partial charge in [0.15, 0.2) is 0 Å². The van der Waals surface area contributed by atoms with Gasteiger partial charge in [-0.1, -0.05) is 29.4 Å². The van der Waals surface area contributed by atoms with Crippen LogP contribution in [0.3, 0.4) is 0 Å². The summed E-state index contributed by atoms with van der Waals surface area (Å²) in [5.41, 5.74) is 3.09. The molecule has 5 rings (SSSR count). The topological polar surface area (TPSA) is 68.3 Å². The van der Waals surface area contributed by atoms with Gasteiger partial charge in [-0.2, -0.15) is 0 Å². The molecule has 1 saturated heterocycles. The molecule has 29 heavy (non-hydrogen) atoms. The number of carbonyl (C=O) groups is 2. The van der Waals surface area contributed by atoms with E-state index in [0.29, 0.717) is 5.02 Å². The average molecular weight is 425 g/mol. The zero-order chi connectivity index (χ0) is 20.0. The highest BCUT2D eigenvalue weighted by molar-refractivity contribution is 8.15. The number of halogens is 1. The lowest BCUT2D eigenvalue weighted by molar-refractivity contribution is -0.119. The highest BCUT2D eigenvalue weighted by Crippen LogP contribution is 2.42. The van der Waals surface area contributed by atoms with Gasteiger partial charge >= 0.3 is 0 Å². The van der Waals surface area contributed by atoms with Crippen molar-refractivity contribution in [2.24, 2.45) is 0 Å². The number of aromatic nitrogens is 1. The number of nitrogens with one attached hydrogen (secondary N) is 1. The summed E-state index contributed by atoms with van der Waals surface area (Å²) < 4.78 is 6.17. The molecule has 0 spiro atoms. The molecule has 1 aliphatic carbocycles. The van der Waals surface area contributed by atoms with Crippen molar-refractivity contribution in [1.29, 1.82) is 0 Å². The number of imide groups is 1. The molecule has 1 fully saturated rings. The molecule has 5 nitrogen and oxygen atoms in total. The van der Waals surface area contributed by atoms with Crippen molar-refractivity contribution in [2.75, 3.05) is 0 Å². The molecule has 2 heterocycles. The lowest BCUT2D eigenvalue weighted by atomic mass is 9.80. The third kappa shape index (κ3) is 3.47. The van der Waals surface area contributed by atoms with Crippen LogP contribution in [0, 0.1) is 0 Å². The Morgan fingerprint density at radius 2 is 2.03 bits per heavy atom. The maximum atomic E-state index is 12.2. The number of pyridine rings is 1. The minimum Gasteiger partial charge on any atom is -0.457 e. The predicted molar refractivity (Wildman–Crippen MR) is 114 cm³/mol. The first-order chi connectivity index (χ1) is 14.1. The molecular weight excluding hydrogens is 408 g/mol. The number of hydrogen-bond donors (Lipinski definition) is 1. The molecule has 2 aromatic carbocycles. The second-order valence-corrected chi connectivity index (χ2v) is 8.80. The van der Waals surface area contributed by atoms with E-state index in [-0.39, 0.29) is 22.3 Å². The van der Waals surface area contributed by atoms with Crippen molar-refractivity contribution in [3.8, 4) is 11.5 Å². The van der Waals surface area contributed by atoms with Gasteiger partial charge in [0.05, 0.1) is 5.52 Å². The number of aryl methyl sites for hydroxylation is 1. The smallest absolute Gasteiger partial charge is 0.286 e. The summed E-state index contributed by atoms with van der Waals surface area (Å²) in [5.74, 6) is 1.33. The van der Waals surface area contributed by atoms with Crippen LogP contribution >= 0.6 is 23.4 Å². The number of amides is 2. The summed E-state index contributed by atoms with van der Waals surface area (Å²) >= 11 is 7.17. The van der Waals surface area contributed by atoms with Crippen LogP contribution in [-0.4, -0.2) is 21.4 Å². The minimum absolute atomic E-state index is 0.0492. The molecule has 0 bridgehead atoms. The molecule has 1 aromatic heterocycles. The number of ether oxygens (including phenoxy) is 1. The van der Waals surface area contributed by atoms with Gasteiger partial charge in [-0.15, -0.1) is 0 Å². The van der Waals surface area contributed by atoms with E-state index in [9.17, 15) is 9.59 Å². The Morgan fingerprint density at radius 1 is 1.14 bits per heavy atom. The van der Waals surface area contributed by atoms with Gasteiger partial charge in [0.1, 0.15) is 16.7 Å². The third-order valence-electron chi connectivity index (χ3n) is 5.45. The van der Waals surface area contributed by atoms with Crippen LogP contribution in [-0.2, 0) is 11.2 Å². The normalized spacial score (nSPS) is 21.1. The number of carbonyl (C=O) groups excluding carboxylic acids is 2. The fourth-order valence-corrected chi connectivity index (χ4v) is 5.32. The lowest BCUT2D eigenvalue weighted by Crippen LogP contribution is -2.30. The SMILES string of the molecule is O=C1NC(=O)C([C@@H]2CCCc3cc(Oc4ccnc5cc(Cl)ccc45)ccc32)S1. The Labute approximate surface area is 176 Å². The molecule has 1 aliphatic heterocycles. The van der Waals surface area contributed by atoms with Gasteiger partial charge < -0.3 is 4.74 Å². The van der Waals surface area contributed by atoms with E-state index in [1.165, 1.54) is 5.56 Å². The monoisotopic (exact) mass is 424 g/mol. The van der Waals surface area contributed by atoms with E-state index in [1.807, 2.05) is 42.5 Å². The van der Waals surface area contributed by atoms with E-state index in [0.717, 1.165) is 59.0 Å². The number of hydrogen-bond acceptors (Lipinski definition) is 5. The standard InChI is InChI=1S/C22H17ClN2O3S/c23-13-4-6-17-18(11-13)24-9-8-19(17)28-14-5-7-15-12(10-14)2-1-3-16(15)20-21(26)25-22(27)29-20/h4-11,16,20H,1-3H2,(H,25,26,27)/t16-,20?/m1/s1. The quantitative estimate of drug-likeness (QED) is 0.605. The number of rotatable bonds is 3. The first-order valence-electron chi connectivity index (χ1n) is 9.45. The first kappa shape index (κ1) is 18.5. The highest BCUT2D eigenvalue weighted by Gasteiger charge is 2.40. The molecule has 146 valence electrons. The van der Waals surface area contributed by atoms with Gasteiger partial charge in [-0.3, -0.25) is 19.9 Å². The zero-order valence-corrected chi connectivity index (χ0v) is 16.9. The van der Waals surface area contributed by atoms with Crippen LogP contribution in [0.5, 0.6) is 11.5 Å². The Kier molecular flexibility index (Phi) is 4.68. The lowest BCUT2D eigenvalue weighted by Gasteiger charge is -2.28. The largest absolute Gasteiger partial charge is 0.457 e. The highest BCUT2D eigenvalue weighted by atomic mass is 35.5. The molecule has 2 aliphatic rings. The van der Waals surface area contributed by atoms with E-state index in [4.69, 9.17) is 16.3 Å². The molecular formula is C22H17ClN2O3S. The Hall–Kier alpha value is -2.57. The van der Waals surface area contributed by atoms with Crippen molar-refractivity contribution in [1.82, 2.24) is 10.3 Å². The maximum absolute atomic E-state index is 12.2. The molecule has 0 saturated carbocycles. The first-order valence-corrected chi connectivity index (χ1v) is 10.7. The summed E-state index contributed by atoms with van der Waals surface area (Å²) in [6, 6.07) is 13.4. The second-order valence-electron chi connectivity index (χ2n) is 7.25. The zero-order valence-electron chi connectivity index (χ0n) is 15.4. The Balaban J connectivity index is 1.46. The summed E-state index contributed by atoms with van der Waals surface area (Å²) in [7, 11) is 0. The van der Waals surface area contributed by atoms with Gasteiger partial charge in [0.25, 0.3) is 5.24 Å². The fourth-order valence-electron chi connectivity index (χ4n) is 4.15. The van der Waals surface area contributed by atoms with E-state index in [2.05, 4.69) is 10.3 Å². The van der Waals surface area contributed by atoms with Crippen LogP contribution in [0.2, 0.25) is 5.02 Å². The van der Waals surface area contributed by atoms with Crippen molar-refractivity contribution in [3.05, 3.63) is 64.8 Å². The molecule has 1 N–H and O–H groups in total. The van der Waals surface area contributed by atoms with Gasteiger partial charge in [0.2, 0.25) is 5.91 Å². The summed E-state index contributed by atoms with van der Waals surface area (Å²) in [6.45, 7) is 0. The molecule has 2 atom stereocenters. The van der Waals surface area contributed by atoms with Crippen molar-refractivity contribution in [2.45, 2.75) is 30.4 Å². The number of fused-ring (bicyclic) bond motifs is 2. The van der Waals surface area contributed by atoms with Crippen LogP contribution in [0.25, 0.3) is 10.9 Å². The molecule has 7 heteroatoms. The van der Waals surface area contributed by atoms with Crippen LogP contribution in [0.4, 0.5) is 4.79 Å². The van der Waals surface area contributed by atoms with Gasteiger partial charge in [0, 0.05) is 22.5 Å². The number of thioether (sulfide) groups is 1. The van der Waals surface area contributed by atoms with Crippen LogP contribution in [0.15, 0.2) is 48.7 Å². The summed E-state index contributed by atoms with van der Waals surface area (Å²) in [5, 5.41) is 3.33. The van der Waals surface area contributed by atoms with E-state index in [1.54, 1.807) is 6.20 Å². The third-order valence-corrected chi connectivity index (χ3v) is 6.80. The molecule has 1 unspecified atom stereocenters. The second kappa shape index (κ2) is 7.35. The fraction of sp³-hybridized carbons (Fsp3) is 0.227. The van der Waals surface area contributed by atoms with Crippen molar-refractivity contribution >= 4 is 45.4 Å². The van der Waals surface area contributed by atoms with Crippen LogP contribution in [0.1, 0.15) is 29.9 Å². The molecule has 3 aromatic rings. The van der Waals surface area contributed by atoms with Crippen molar-refractivity contribution < 1.29 is 14.3 Å². The van der Waals surface area contributed by atoms with Gasteiger partial charge in [-0.25, -0.2) is 0 Å². The summed E-state index contributed by atoms with van der Waals surface area (Å²) in [6.07, 6.45) is 4.52. The van der Waals surface area contributed by atoms with Gasteiger partial charge in [-0.05, 0) is 66.8 Å². The Bertz CT molecular complexity index is 1150. The predicted octanol–water partition coefficient (Wildman–Crippen LogP) is 5.45. The molecule has 0 radical (unpaired) electrons. The average Bonchev–Trinajstić information content (AvgIpc) is 3.05. The maximum Gasteiger partial charge on any atom is 0.286 e. The Morgan fingerprint density at radius 3 is 2.86 bits per heavy atom. The van der Waals surface area contributed by atoms with E-state index < -0.39 is 0 Å². The van der Waals surface area contributed by atoms with E-state index >= 15 is 0 Å².